The third-order valence-corrected chi connectivity index (χ3v) is 4.84. The molecule has 0 aliphatic carbocycles. The lowest BCUT2D eigenvalue weighted by Crippen LogP contribution is -2.53. The van der Waals surface area contributed by atoms with Gasteiger partial charge in [-0.1, -0.05) is 5.21 Å². The average molecular weight is 348 g/mol. The topological polar surface area (TPSA) is 101 Å². The number of amides is 3. The lowest BCUT2D eigenvalue weighted by Gasteiger charge is -2.39. The first-order valence-electron chi connectivity index (χ1n) is 8.48. The lowest BCUT2D eigenvalue weighted by molar-refractivity contribution is -0.137. The van der Waals surface area contributed by atoms with Gasteiger partial charge < -0.3 is 14.5 Å². The van der Waals surface area contributed by atoms with Crippen LogP contribution in [0.5, 0.6) is 0 Å². The average Bonchev–Trinajstić information content (AvgIpc) is 3.24. The van der Waals surface area contributed by atoms with Gasteiger partial charge in [-0.2, -0.15) is 0 Å². The van der Waals surface area contributed by atoms with Crippen LogP contribution in [-0.4, -0.2) is 86.9 Å². The summed E-state index contributed by atoms with van der Waals surface area (Å²) in [7, 11) is 0. The molecule has 3 amide bonds. The predicted molar refractivity (Wildman–Crippen MR) is 83.2 cm³/mol. The van der Waals surface area contributed by atoms with Crippen LogP contribution in [0.4, 0.5) is 4.79 Å². The SMILES string of the molecule is O=C1CCCN1Cc1cn(C2CN(C(=O)CN3CCOC3=O)C2)nn1. The third kappa shape index (κ3) is 3.15. The summed E-state index contributed by atoms with van der Waals surface area (Å²) >= 11 is 0. The van der Waals surface area contributed by atoms with Crippen molar-refractivity contribution >= 4 is 17.9 Å². The number of hydrogen-bond acceptors (Lipinski definition) is 6. The zero-order chi connectivity index (χ0) is 17.4. The highest BCUT2D eigenvalue weighted by Crippen LogP contribution is 2.21. The molecule has 0 saturated carbocycles. The largest absolute Gasteiger partial charge is 0.448 e. The van der Waals surface area contributed by atoms with E-state index in [-0.39, 0.29) is 24.4 Å². The summed E-state index contributed by atoms with van der Waals surface area (Å²) in [5, 5.41) is 8.25. The second-order valence-electron chi connectivity index (χ2n) is 6.60. The molecule has 3 aliphatic rings. The van der Waals surface area contributed by atoms with E-state index < -0.39 is 6.09 Å². The van der Waals surface area contributed by atoms with E-state index in [0.717, 1.165) is 18.7 Å². The van der Waals surface area contributed by atoms with Crippen molar-refractivity contribution < 1.29 is 19.1 Å². The van der Waals surface area contributed by atoms with E-state index in [1.807, 2.05) is 6.20 Å². The van der Waals surface area contributed by atoms with Crippen molar-refractivity contribution in [2.45, 2.75) is 25.4 Å². The van der Waals surface area contributed by atoms with Crippen LogP contribution >= 0.6 is 0 Å². The molecule has 10 nitrogen and oxygen atoms in total. The van der Waals surface area contributed by atoms with Gasteiger partial charge in [-0.15, -0.1) is 5.10 Å². The maximum atomic E-state index is 12.2. The molecular weight excluding hydrogens is 328 g/mol. The number of cyclic esters (lactones) is 1. The molecule has 4 heterocycles. The van der Waals surface area contributed by atoms with E-state index in [1.165, 1.54) is 4.90 Å². The van der Waals surface area contributed by atoms with E-state index in [0.29, 0.717) is 39.2 Å². The Kier molecular flexibility index (Phi) is 4.02. The molecule has 0 bridgehead atoms. The monoisotopic (exact) mass is 348 g/mol. The summed E-state index contributed by atoms with van der Waals surface area (Å²) in [6, 6.07) is 0.0880. The Morgan fingerprint density at radius 2 is 2.08 bits per heavy atom. The number of rotatable bonds is 5. The Morgan fingerprint density at radius 1 is 1.24 bits per heavy atom. The number of ether oxygens (including phenoxy) is 1. The fourth-order valence-corrected chi connectivity index (χ4v) is 3.29. The van der Waals surface area contributed by atoms with Crippen LogP contribution in [0.15, 0.2) is 6.20 Å². The first-order valence-corrected chi connectivity index (χ1v) is 8.48. The maximum Gasteiger partial charge on any atom is 0.410 e. The van der Waals surface area contributed by atoms with Gasteiger partial charge in [-0.25, -0.2) is 9.48 Å². The summed E-state index contributed by atoms with van der Waals surface area (Å²) in [5.74, 6) is 0.0773. The number of carbonyl (C=O) groups is 3. The van der Waals surface area contributed by atoms with Gasteiger partial charge in [0.05, 0.1) is 25.3 Å². The van der Waals surface area contributed by atoms with Crippen LogP contribution in [0.25, 0.3) is 0 Å². The molecule has 0 radical (unpaired) electrons. The number of aromatic nitrogens is 3. The van der Waals surface area contributed by atoms with E-state index in [1.54, 1.807) is 14.5 Å². The highest BCUT2D eigenvalue weighted by Gasteiger charge is 2.35. The van der Waals surface area contributed by atoms with Gasteiger partial charge in [-0.05, 0) is 6.42 Å². The van der Waals surface area contributed by atoms with Crippen LogP contribution < -0.4 is 0 Å². The van der Waals surface area contributed by atoms with Crippen molar-refractivity contribution in [3.8, 4) is 0 Å². The number of nitrogens with zero attached hydrogens (tertiary/aromatic N) is 6. The summed E-state index contributed by atoms with van der Waals surface area (Å²) < 4.78 is 6.57. The second kappa shape index (κ2) is 6.34. The Hall–Kier alpha value is -2.65. The smallest absolute Gasteiger partial charge is 0.410 e. The molecule has 3 fully saturated rings. The Bertz CT molecular complexity index is 698. The standard InChI is InChI=1S/C15H20N6O4/c22-13-2-1-3-18(13)6-11-7-21(17-16-11)12-8-20(9-12)14(23)10-19-4-5-25-15(19)24/h7,12H,1-6,8-10H2. The molecule has 0 atom stereocenters. The van der Waals surface area contributed by atoms with Gasteiger partial charge in [0.25, 0.3) is 0 Å². The Labute approximate surface area is 144 Å². The maximum absolute atomic E-state index is 12.2. The molecule has 25 heavy (non-hydrogen) atoms. The lowest BCUT2D eigenvalue weighted by atomic mass is 10.1. The third-order valence-electron chi connectivity index (χ3n) is 4.84. The summed E-state index contributed by atoms with van der Waals surface area (Å²) in [6.07, 6.45) is 2.92. The van der Waals surface area contributed by atoms with E-state index >= 15 is 0 Å². The second-order valence-corrected chi connectivity index (χ2v) is 6.60. The fraction of sp³-hybridized carbons (Fsp3) is 0.667. The molecule has 0 unspecified atom stereocenters. The summed E-state index contributed by atoms with van der Waals surface area (Å²) in [6.45, 7) is 3.23. The Balaban J connectivity index is 1.27. The van der Waals surface area contributed by atoms with Gasteiger partial charge in [0.2, 0.25) is 11.8 Å². The molecule has 3 aliphatic heterocycles. The van der Waals surface area contributed by atoms with Crippen molar-refractivity contribution in [1.29, 1.82) is 0 Å². The first kappa shape index (κ1) is 15.9. The highest BCUT2D eigenvalue weighted by atomic mass is 16.6. The zero-order valence-electron chi connectivity index (χ0n) is 13.8. The minimum absolute atomic E-state index is 0.0607. The minimum atomic E-state index is -0.428. The molecule has 4 rings (SSSR count). The number of hydrogen-bond donors (Lipinski definition) is 0. The van der Waals surface area contributed by atoms with Crippen LogP contribution in [0.1, 0.15) is 24.6 Å². The Morgan fingerprint density at radius 3 is 2.76 bits per heavy atom. The van der Waals surface area contributed by atoms with Crippen molar-refractivity contribution in [3.63, 3.8) is 0 Å². The molecule has 3 saturated heterocycles. The van der Waals surface area contributed by atoms with Crippen LogP contribution in [0.3, 0.4) is 0 Å². The van der Waals surface area contributed by atoms with Crippen LogP contribution in [0, 0.1) is 0 Å². The van der Waals surface area contributed by atoms with Crippen molar-refractivity contribution in [3.05, 3.63) is 11.9 Å². The van der Waals surface area contributed by atoms with E-state index in [2.05, 4.69) is 10.3 Å². The summed E-state index contributed by atoms with van der Waals surface area (Å²) in [5.41, 5.74) is 0.764. The quantitative estimate of drug-likeness (QED) is 0.693. The molecule has 10 heteroatoms. The van der Waals surface area contributed by atoms with Crippen molar-refractivity contribution in [2.24, 2.45) is 0 Å². The van der Waals surface area contributed by atoms with Crippen molar-refractivity contribution in [2.75, 3.05) is 39.3 Å². The normalized spacial score (nSPS) is 21.0. The van der Waals surface area contributed by atoms with Crippen molar-refractivity contribution in [1.82, 2.24) is 29.7 Å². The van der Waals surface area contributed by atoms with Gasteiger partial charge in [0.15, 0.2) is 0 Å². The fourth-order valence-electron chi connectivity index (χ4n) is 3.29. The van der Waals surface area contributed by atoms with Crippen LogP contribution in [0.2, 0.25) is 0 Å². The molecule has 0 N–H and O–H groups in total. The molecule has 1 aromatic rings. The summed E-state index contributed by atoms with van der Waals surface area (Å²) in [4.78, 5) is 40.1. The molecular formula is C15H20N6O4. The predicted octanol–water partition coefficient (Wildman–Crippen LogP) is -0.764. The molecule has 1 aromatic heterocycles. The molecule has 0 aromatic carbocycles. The van der Waals surface area contributed by atoms with Gasteiger partial charge in [0.1, 0.15) is 18.8 Å². The minimum Gasteiger partial charge on any atom is -0.448 e. The van der Waals surface area contributed by atoms with Gasteiger partial charge in [0, 0.05) is 26.1 Å². The zero-order valence-corrected chi connectivity index (χ0v) is 13.8. The number of likely N-dealkylation sites (tertiary alicyclic amines) is 2. The highest BCUT2D eigenvalue weighted by molar-refractivity contribution is 5.83. The van der Waals surface area contributed by atoms with Crippen LogP contribution in [-0.2, 0) is 20.9 Å². The van der Waals surface area contributed by atoms with Gasteiger partial charge >= 0.3 is 6.09 Å². The molecule has 134 valence electrons. The first-order chi connectivity index (χ1) is 12.1. The van der Waals surface area contributed by atoms with Gasteiger partial charge in [-0.3, -0.25) is 14.5 Å². The van der Waals surface area contributed by atoms with E-state index in [9.17, 15) is 14.4 Å². The molecule has 0 spiro atoms. The number of carbonyl (C=O) groups excluding carboxylic acids is 3. The van der Waals surface area contributed by atoms with E-state index in [4.69, 9.17) is 4.74 Å².